The first-order chi connectivity index (χ1) is 14.0. The summed E-state index contributed by atoms with van der Waals surface area (Å²) in [5.74, 6) is 0.402. The lowest BCUT2D eigenvalue weighted by molar-refractivity contribution is -0.901. The van der Waals surface area contributed by atoms with Gasteiger partial charge in [-0.15, -0.1) is 0 Å². The number of imide groups is 1. The minimum atomic E-state index is -1.10. The number of quaternary nitrogens is 1. The lowest BCUT2D eigenvalue weighted by Gasteiger charge is -2.24. The van der Waals surface area contributed by atoms with Crippen LogP contribution in [0.3, 0.4) is 0 Å². The van der Waals surface area contributed by atoms with Gasteiger partial charge in [0.25, 0.3) is 5.91 Å². The maximum absolute atomic E-state index is 13.2. The van der Waals surface area contributed by atoms with Crippen LogP contribution in [0.1, 0.15) is 44.4 Å². The van der Waals surface area contributed by atoms with Gasteiger partial charge >= 0.3 is 6.03 Å². The number of benzene rings is 2. The zero-order chi connectivity index (χ0) is 22.1. The van der Waals surface area contributed by atoms with E-state index in [1.165, 1.54) is 16.0 Å². The van der Waals surface area contributed by atoms with Gasteiger partial charge in [-0.3, -0.25) is 4.79 Å². The minimum absolute atomic E-state index is 0.113. The summed E-state index contributed by atoms with van der Waals surface area (Å²) >= 11 is 0. The van der Waals surface area contributed by atoms with Crippen LogP contribution in [-0.4, -0.2) is 37.7 Å². The number of hydrogen-bond acceptors (Lipinski definition) is 3. The van der Waals surface area contributed by atoms with Crippen LogP contribution >= 0.6 is 0 Å². The van der Waals surface area contributed by atoms with Gasteiger partial charge in [0.15, 0.2) is 6.67 Å². The highest BCUT2D eigenvalue weighted by atomic mass is 16.5. The number of carbonyl (C=O) groups excluding carboxylic acids is 2. The topological polar surface area (TPSA) is 63.1 Å². The van der Waals surface area contributed by atoms with Crippen molar-refractivity contribution >= 4 is 11.9 Å². The van der Waals surface area contributed by atoms with Gasteiger partial charge in [-0.2, -0.15) is 0 Å². The molecule has 1 aliphatic heterocycles. The molecule has 2 atom stereocenters. The summed E-state index contributed by atoms with van der Waals surface area (Å²) in [6.45, 7) is 9.33. The molecule has 0 spiro atoms. The molecule has 160 valence electrons. The fourth-order valence-corrected chi connectivity index (χ4v) is 3.77. The molecule has 2 aromatic carbocycles. The van der Waals surface area contributed by atoms with E-state index in [0.717, 1.165) is 11.4 Å². The quantitative estimate of drug-likeness (QED) is 0.719. The number of nitrogens with one attached hydrogen (secondary N) is 2. The van der Waals surface area contributed by atoms with Crippen molar-refractivity contribution in [1.29, 1.82) is 0 Å². The van der Waals surface area contributed by atoms with Crippen LogP contribution in [0.4, 0.5) is 4.79 Å². The fraction of sp³-hybridized carbons (Fsp3) is 0.417. The van der Waals surface area contributed by atoms with Gasteiger partial charge in [0.2, 0.25) is 0 Å². The molecule has 0 aromatic heterocycles. The van der Waals surface area contributed by atoms with Crippen LogP contribution in [-0.2, 0) is 22.3 Å². The SMILES string of the molecule is COc1cccc([C@@]2(C)NC(=O)N(C[NH+](C)Cc3ccc(C(C)(C)C)cc3)C2=O)c1. The lowest BCUT2D eigenvalue weighted by Crippen LogP contribution is -3.09. The van der Waals surface area contributed by atoms with E-state index in [1.807, 2.05) is 25.2 Å². The Bertz CT molecular complexity index is 933. The van der Waals surface area contributed by atoms with E-state index >= 15 is 0 Å². The van der Waals surface area contributed by atoms with E-state index in [9.17, 15) is 9.59 Å². The standard InChI is InChI=1S/C24H31N3O3/c1-23(2,3)18-12-10-17(11-13-18)15-26(5)16-27-21(28)24(4,25-22(27)29)19-8-7-9-20(14-19)30-6/h7-14H,15-16H2,1-6H3,(H,25,29)/p+1/t24-/m1/s1. The third-order valence-corrected chi connectivity index (χ3v) is 5.68. The molecule has 1 aliphatic rings. The Hall–Kier alpha value is -2.86. The molecule has 1 saturated heterocycles. The van der Waals surface area contributed by atoms with E-state index in [-0.39, 0.29) is 17.4 Å². The molecule has 2 N–H and O–H groups in total. The van der Waals surface area contributed by atoms with E-state index < -0.39 is 5.54 Å². The molecule has 1 fully saturated rings. The number of carbonyl (C=O) groups is 2. The second kappa shape index (κ2) is 8.11. The van der Waals surface area contributed by atoms with Crippen LogP contribution in [0, 0.1) is 0 Å². The van der Waals surface area contributed by atoms with Crippen molar-refractivity contribution in [2.75, 3.05) is 20.8 Å². The van der Waals surface area contributed by atoms with Crippen molar-refractivity contribution in [3.05, 3.63) is 65.2 Å². The minimum Gasteiger partial charge on any atom is -0.497 e. The van der Waals surface area contributed by atoms with Gasteiger partial charge in [-0.1, -0.05) is 57.2 Å². The largest absolute Gasteiger partial charge is 0.497 e. The number of nitrogens with zero attached hydrogens (tertiary/aromatic N) is 1. The van der Waals surface area contributed by atoms with Gasteiger partial charge in [0, 0.05) is 5.56 Å². The Morgan fingerprint density at radius 3 is 2.37 bits per heavy atom. The van der Waals surface area contributed by atoms with Gasteiger partial charge < -0.3 is 15.0 Å². The first kappa shape index (κ1) is 21.8. The summed E-state index contributed by atoms with van der Waals surface area (Å²) in [4.78, 5) is 28.1. The molecule has 6 nitrogen and oxygen atoms in total. The van der Waals surface area contributed by atoms with Gasteiger partial charge in [0.1, 0.15) is 17.8 Å². The van der Waals surface area contributed by atoms with Crippen molar-refractivity contribution in [2.45, 2.75) is 45.2 Å². The molecule has 30 heavy (non-hydrogen) atoms. The van der Waals surface area contributed by atoms with Crippen molar-refractivity contribution in [3.8, 4) is 5.75 Å². The number of rotatable bonds is 6. The molecule has 0 saturated carbocycles. The van der Waals surface area contributed by atoms with Crippen molar-refractivity contribution in [1.82, 2.24) is 10.2 Å². The van der Waals surface area contributed by atoms with Gasteiger partial charge in [0.05, 0.1) is 14.2 Å². The summed E-state index contributed by atoms with van der Waals surface area (Å²) < 4.78 is 5.27. The second-order valence-corrected chi connectivity index (χ2v) is 9.26. The Morgan fingerprint density at radius 1 is 1.10 bits per heavy atom. The van der Waals surface area contributed by atoms with Gasteiger partial charge in [-0.25, -0.2) is 9.69 Å². The molecular weight excluding hydrogens is 378 g/mol. The second-order valence-electron chi connectivity index (χ2n) is 9.26. The average Bonchev–Trinajstić information content (AvgIpc) is 2.92. The molecule has 6 heteroatoms. The molecular formula is C24H32N3O3+. The maximum Gasteiger partial charge on any atom is 0.329 e. The van der Waals surface area contributed by atoms with Gasteiger partial charge in [-0.05, 0) is 35.6 Å². The van der Waals surface area contributed by atoms with E-state index in [1.54, 1.807) is 20.1 Å². The maximum atomic E-state index is 13.2. The number of ether oxygens (including phenoxy) is 1. The van der Waals surface area contributed by atoms with Crippen molar-refractivity contribution in [3.63, 3.8) is 0 Å². The Kier molecular flexibility index (Phi) is 5.90. The summed E-state index contributed by atoms with van der Waals surface area (Å²) in [7, 11) is 3.56. The summed E-state index contributed by atoms with van der Waals surface area (Å²) in [5, 5.41) is 2.86. The fourth-order valence-electron chi connectivity index (χ4n) is 3.77. The highest BCUT2D eigenvalue weighted by Crippen LogP contribution is 2.30. The molecule has 3 rings (SSSR count). The zero-order valence-electron chi connectivity index (χ0n) is 18.7. The third kappa shape index (κ3) is 4.33. The first-order valence-electron chi connectivity index (χ1n) is 10.2. The van der Waals surface area contributed by atoms with Crippen molar-refractivity contribution in [2.24, 2.45) is 0 Å². The van der Waals surface area contributed by atoms with E-state index in [2.05, 4.69) is 50.4 Å². The molecule has 2 aromatic rings. The zero-order valence-corrected chi connectivity index (χ0v) is 18.7. The Labute approximate surface area is 178 Å². The highest BCUT2D eigenvalue weighted by Gasteiger charge is 2.50. The first-order valence-corrected chi connectivity index (χ1v) is 10.2. The van der Waals surface area contributed by atoms with Crippen LogP contribution in [0.15, 0.2) is 48.5 Å². The highest BCUT2D eigenvalue weighted by molar-refractivity contribution is 6.07. The molecule has 0 bridgehead atoms. The number of methoxy groups -OCH3 is 1. The number of amides is 3. The van der Waals surface area contributed by atoms with E-state index in [0.29, 0.717) is 18.0 Å². The van der Waals surface area contributed by atoms with E-state index in [4.69, 9.17) is 4.74 Å². The smallest absolute Gasteiger partial charge is 0.329 e. The van der Waals surface area contributed by atoms with Crippen LogP contribution in [0.2, 0.25) is 0 Å². The van der Waals surface area contributed by atoms with Crippen LogP contribution in [0.5, 0.6) is 5.75 Å². The molecule has 0 radical (unpaired) electrons. The molecule has 3 amide bonds. The predicted molar refractivity (Wildman–Crippen MR) is 116 cm³/mol. The molecule has 0 aliphatic carbocycles. The normalized spacial score (nSPS) is 20.3. The Morgan fingerprint density at radius 2 is 1.77 bits per heavy atom. The van der Waals surface area contributed by atoms with Crippen molar-refractivity contribution < 1.29 is 19.2 Å². The molecule has 1 heterocycles. The Balaban J connectivity index is 1.70. The van der Waals surface area contributed by atoms with Crippen LogP contribution < -0.4 is 15.0 Å². The molecule has 1 unspecified atom stereocenters. The number of hydrogen-bond donors (Lipinski definition) is 2. The number of urea groups is 1. The van der Waals surface area contributed by atoms with Crippen LogP contribution in [0.25, 0.3) is 0 Å². The predicted octanol–water partition coefficient (Wildman–Crippen LogP) is 2.43. The average molecular weight is 411 g/mol. The summed E-state index contributed by atoms with van der Waals surface area (Å²) in [6.07, 6.45) is 0. The monoisotopic (exact) mass is 410 g/mol. The third-order valence-electron chi connectivity index (χ3n) is 5.68. The summed E-state index contributed by atoms with van der Waals surface area (Å²) in [5.41, 5.74) is 2.18. The lowest BCUT2D eigenvalue weighted by atomic mass is 9.87. The summed E-state index contributed by atoms with van der Waals surface area (Å²) in [6, 6.07) is 15.4.